The molecule has 0 amide bonds. The SMILES string of the molecule is CCCCN(CCCC)c1cc(-n2ccnc2)cc(S(C)(=O)=O)c1Oc1cc#ccc1. The number of imidazole rings is 1. The van der Waals surface area contributed by atoms with Crippen molar-refractivity contribution in [2.24, 2.45) is 0 Å². The zero-order valence-electron chi connectivity index (χ0n) is 18.3. The van der Waals surface area contributed by atoms with Crippen LogP contribution in [0.3, 0.4) is 0 Å². The van der Waals surface area contributed by atoms with Gasteiger partial charge in [-0.05, 0) is 37.1 Å². The Labute approximate surface area is 185 Å². The van der Waals surface area contributed by atoms with Gasteiger partial charge in [0.2, 0.25) is 0 Å². The first-order valence-corrected chi connectivity index (χ1v) is 12.5. The summed E-state index contributed by atoms with van der Waals surface area (Å²) in [6, 6.07) is 14.4. The van der Waals surface area contributed by atoms with Gasteiger partial charge in [0.1, 0.15) is 10.6 Å². The van der Waals surface area contributed by atoms with Crippen LogP contribution in [0.15, 0.2) is 53.9 Å². The monoisotopic (exact) mass is 439 g/mol. The molecule has 31 heavy (non-hydrogen) atoms. The molecule has 0 saturated heterocycles. The van der Waals surface area contributed by atoms with Crippen LogP contribution in [0.1, 0.15) is 39.5 Å². The van der Waals surface area contributed by atoms with E-state index in [4.69, 9.17) is 4.74 Å². The Morgan fingerprint density at radius 1 is 1.13 bits per heavy atom. The first-order chi connectivity index (χ1) is 14.9. The molecule has 3 aromatic rings. The molecule has 3 rings (SSSR count). The van der Waals surface area contributed by atoms with Crippen molar-refractivity contribution in [2.45, 2.75) is 44.4 Å². The van der Waals surface area contributed by atoms with Crippen molar-refractivity contribution in [1.29, 1.82) is 0 Å². The summed E-state index contributed by atoms with van der Waals surface area (Å²) in [7, 11) is -3.57. The molecule has 0 atom stereocenters. The lowest BCUT2D eigenvalue weighted by Gasteiger charge is -2.28. The Morgan fingerprint density at radius 3 is 2.42 bits per heavy atom. The third kappa shape index (κ3) is 5.80. The van der Waals surface area contributed by atoms with Crippen molar-refractivity contribution in [2.75, 3.05) is 24.2 Å². The maximum Gasteiger partial charge on any atom is 0.179 e. The van der Waals surface area contributed by atoms with Gasteiger partial charge in [-0.3, -0.25) is 0 Å². The van der Waals surface area contributed by atoms with E-state index in [1.807, 2.05) is 10.6 Å². The molecule has 1 heterocycles. The second kappa shape index (κ2) is 10.4. The molecule has 0 aliphatic rings. The summed E-state index contributed by atoms with van der Waals surface area (Å²) in [6.45, 7) is 5.93. The number of anilines is 1. The molecular formula is C24H29N3O3S. The predicted octanol–water partition coefficient (Wildman–Crippen LogP) is 5.08. The summed E-state index contributed by atoms with van der Waals surface area (Å²) in [5.41, 5.74) is 1.49. The van der Waals surface area contributed by atoms with Crippen LogP contribution >= 0.6 is 0 Å². The molecule has 0 unspecified atom stereocenters. The summed E-state index contributed by atoms with van der Waals surface area (Å²) >= 11 is 0. The van der Waals surface area contributed by atoms with Gasteiger partial charge >= 0.3 is 0 Å². The molecule has 1 aromatic heterocycles. The summed E-state index contributed by atoms with van der Waals surface area (Å²) < 4.78 is 33.7. The Morgan fingerprint density at radius 2 is 1.87 bits per heavy atom. The van der Waals surface area contributed by atoms with Gasteiger partial charge in [0.25, 0.3) is 0 Å². The van der Waals surface area contributed by atoms with Gasteiger partial charge in [0, 0.05) is 37.8 Å². The first kappa shape index (κ1) is 22.7. The van der Waals surface area contributed by atoms with Crippen LogP contribution in [0.5, 0.6) is 11.5 Å². The number of aromatic nitrogens is 2. The number of rotatable bonds is 11. The fraction of sp³-hybridized carbons (Fsp3) is 0.375. The van der Waals surface area contributed by atoms with Crippen molar-refractivity contribution in [3.63, 3.8) is 0 Å². The number of nitrogens with zero attached hydrogens (tertiary/aromatic N) is 3. The van der Waals surface area contributed by atoms with Gasteiger partial charge in [-0.1, -0.05) is 38.8 Å². The number of benzene rings is 1. The van der Waals surface area contributed by atoms with Gasteiger partial charge in [-0.15, -0.1) is 0 Å². The Bertz CT molecular complexity index is 1060. The Hall–Kier alpha value is -2.98. The molecule has 2 aromatic carbocycles. The van der Waals surface area contributed by atoms with E-state index in [-0.39, 0.29) is 4.90 Å². The Kier molecular flexibility index (Phi) is 7.59. The highest BCUT2D eigenvalue weighted by Crippen LogP contribution is 2.40. The van der Waals surface area contributed by atoms with Gasteiger partial charge in [-0.25, -0.2) is 13.4 Å². The molecule has 0 saturated carbocycles. The molecule has 0 fully saturated rings. The highest BCUT2D eigenvalue weighted by Gasteiger charge is 2.24. The number of ether oxygens (including phenoxy) is 1. The van der Waals surface area contributed by atoms with Crippen molar-refractivity contribution in [3.05, 3.63) is 61.2 Å². The molecule has 6 nitrogen and oxygen atoms in total. The average molecular weight is 440 g/mol. The number of sulfone groups is 1. The largest absolute Gasteiger partial charge is 0.453 e. The van der Waals surface area contributed by atoms with E-state index >= 15 is 0 Å². The highest BCUT2D eigenvalue weighted by atomic mass is 32.2. The van der Waals surface area contributed by atoms with Crippen LogP contribution in [0.4, 0.5) is 5.69 Å². The molecule has 0 N–H and O–H groups in total. The molecule has 0 spiro atoms. The fourth-order valence-electron chi connectivity index (χ4n) is 3.31. The second-order valence-corrected chi connectivity index (χ2v) is 9.48. The molecule has 0 aliphatic heterocycles. The predicted molar refractivity (Wildman–Crippen MR) is 123 cm³/mol. The quantitative estimate of drug-likeness (QED) is 0.417. The first-order valence-electron chi connectivity index (χ1n) is 10.6. The van der Waals surface area contributed by atoms with Crippen molar-refractivity contribution >= 4 is 15.5 Å². The van der Waals surface area contributed by atoms with Crippen LogP contribution in [-0.4, -0.2) is 37.3 Å². The van der Waals surface area contributed by atoms with Gasteiger partial charge in [-0.2, -0.15) is 0 Å². The molecule has 0 bridgehead atoms. The highest BCUT2D eigenvalue weighted by molar-refractivity contribution is 7.90. The zero-order valence-corrected chi connectivity index (χ0v) is 19.2. The topological polar surface area (TPSA) is 64.4 Å². The van der Waals surface area contributed by atoms with E-state index in [1.54, 1.807) is 43.0 Å². The third-order valence-electron chi connectivity index (χ3n) is 4.97. The lowest BCUT2D eigenvalue weighted by atomic mass is 10.2. The fourth-order valence-corrected chi connectivity index (χ4v) is 4.13. The summed E-state index contributed by atoms with van der Waals surface area (Å²) in [5, 5.41) is 0. The van der Waals surface area contributed by atoms with E-state index in [0.717, 1.165) is 50.1 Å². The minimum Gasteiger partial charge on any atom is -0.453 e. The lowest BCUT2D eigenvalue weighted by Crippen LogP contribution is -2.26. The van der Waals surface area contributed by atoms with Crippen LogP contribution in [0.25, 0.3) is 5.69 Å². The van der Waals surface area contributed by atoms with E-state index < -0.39 is 9.84 Å². The lowest BCUT2D eigenvalue weighted by molar-refractivity contribution is 0.465. The molecule has 0 aliphatic carbocycles. The Balaban J connectivity index is 2.22. The van der Waals surface area contributed by atoms with Crippen molar-refractivity contribution in [3.8, 4) is 17.2 Å². The van der Waals surface area contributed by atoms with E-state index in [9.17, 15) is 8.42 Å². The van der Waals surface area contributed by atoms with E-state index in [2.05, 4.69) is 35.9 Å². The summed E-state index contributed by atoms with van der Waals surface area (Å²) in [5.74, 6) is 0.865. The zero-order chi connectivity index (χ0) is 22.3. The van der Waals surface area contributed by atoms with Crippen molar-refractivity contribution < 1.29 is 13.2 Å². The third-order valence-corrected chi connectivity index (χ3v) is 6.08. The number of hydrogen-bond donors (Lipinski definition) is 0. The normalized spacial score (nSPS) is 11.2. The summed E-state index contributed by atoms with van der Waals surface area (Å²) in [6.07, 6.45) is 10.4. The van der Waals surface area contributed by atoms with Crippen LogP contribution in [-0.2, 0) is 9.84 Å². The minimum absolute atomic E-state index is 0.152. The van der Waals surface area contributed by atoms with Gasteiger partial charge in [0.15, 0.2) is 15.6 Å². The van der Waals surface area contributed by atoms with Crippen LogP contribution in [0, 0.1) is 12.1 Å². The van der Waals surface area contributed by atoms with Crippen LogP contribution in [0.2, 0.25) is 0 Å². The van der Waals surface area contributed by atoms with Crippen LogP contribution < -0.4 is 9.64 Å². The smallest absolute Gasteiger partial charge is 0.179 e. The maximum absolute atomic E-state index is 12.8. The number of unbranched alkanes of at least 4 members (excludes halogenated alkanes) is 2. The average Bonchev–Trinajstić information content (AvgIpc) is 3.29. The van der Waals surface area contributed by atoms with Crippen molar-refractivity contribution in [1.82, 2.24) is 9.55 Å². The van der Waals surface area contributed by atoms with E-state index in [1.165, 1.54) is 6.26 Å². The maximum atomic E-state index is 12.8. The van der Waals surface area contributed by atoms with E-state index in [0.29, 0.717) is 11.5 Å². The van der Waals surface area contributed by atoms with Gasteiger partial charge in [0.05, 0.1) is 17.7 Å². The second-order valence-electron chi connectivity index (χ2n) is 7.50. The number of hydrogen-bond acceptors (Lipinski definition) is 5. The molecule has 7 heteroatoms. The molecule has 164 valence electrons. The summed E-state index contributed by atoms with van der Waals surface area (Å²) in [4.78, 5) is 6.50. The molecule has 0 radical (unpaired) electrons. The minimum atomic E-state index is -3.57. The molecular weight excluding hydrogens is 410 g/mol. The standard InChI is InChI=1S/C24H29N3O3S/c1-4-6-14-26(15-7-5-2)22-17-20(27-16-13-25-19-27)18-23(31(3,28)29)24(22)30-21-11-9-8-10-12-21/h9,11-13,16-19H,4-7,14-15H2,1-3H3. The van der Waals surface area contributed by atoms with Gasteiger partial charge < -0.3 is 14.2 Å².